The first-order chi connectivity index (χ1) is 15.7. The minimum Gasteiger partial charge on any atom is -0.370 e. The quantitative estimate of drug-likeness (QED) is 0.495. The molecule has 0 aliphatic carbocycles. The first kappa shape index (κ1) is 23.6. The molecule has 0 atom stereocenters. The van der Waals surface area contributed by atoms with Gasteiger partial charge in [-0.05, 0) is 42.6 Å². The molecule has 4 rings (SSSR count). The lowest BCUT2D eigenvalue weighted by atomic mass is 10.1. The molecule has 11 heteroatoms. The predicted molar refractivity (Wildman–Crippen MR) is 134 cm³/mol. The number of nitrogens with zero attached hydrogens (tertiary/aromatic N) is 2. The van der Waals surface area contributed by atoms with Crippen LogP contribution >= 0.6 is 11.8 Å². The molecule has 3 aromatic rings. The maximum absolute atomic E-state index is 13.5. The molecular formula is C22H25ClN4O4S2. The van der Waals surface area contributed by atoms with Gasteiger partial charge in [0.2, 0.25) is 10.0 Å². The van der Waals surface area contributed by atoms with Gasteiger partial charge in [-0.25, -0.2) is 8.42 Å². The van der Waals surface area contributed by atoms with Gasteiger partial charge in [0.15, 0.2) is 0 Å². The molecule has 3 aromatic carbocycles. The van der Waals surface area contributed by atoms with E-state index in [0.717, 1.165) is 49.9 Å². The third kappa shape index (κ3) is 5.19. The van der Waals surface area contributed by atoms with Crippen molar-refractivity contribution in [2.75, 3.05) is 45.9 Å². The van der Waals surface area contributed by atoms with Crippen LogP contribution in [-0.4, -0.2) is 49.3 Å². The van der Waals surface area contributed by atoms with Crippen LogP contribution in [0.2, 0.25) is 0 Å². The number of halogens is 1. The number of anilines is 3. The number of hydrogen-bond donors (Lipinski definition) is 2. The third-order valence-electron chi connectivity index (χ3n) is 5.41. The molecule has 1 saturated heterocycles. The van der Waals surface area contributed by atoms with Crippen LogP contribution < -0.4 is 18.8 Å². The molecule has 176 valence electrons. The van der Waals surface area contributed by atoms with E-state index in [1.165, 1.54) is 12.1 Å². The zero-order valence-corrected chi connectivity index (χ0v) is 20.4. The van der Waals surface area contributed by atoms with Gasteiger partial charge in [-0.2, -0.15) is 12.2 Å². The molecule has 1 heterocycles. The molecule has 33 heavy (non-hydrogen) atoms. The van der Waals surface area contributed by atoms with E-state index >= 15 is 0 Å². The first-order valence-electron chi connectivity index (χ1n) is 10.4. The Labute approximate surface area is 199 Å². The molecule has 1 aliphatic heterocycles. The Balaban J connectivity index is 1.79. The van der Waals surface area contributed by atoms with E-state index in [1.807, 2.05) is 18.2 Å². The van der Waals surface area contributed by atoms with Crippen molar-refractivity contribution in [1.29, 1.82) is 0 Å². The van der Waals surface area contributed by atoms with E-state index < -0.39 is 20.0 Å². The molecule has 0 aromatic heterocycles. The number of sulfonamides is 2. The number of hydrogen-bond acceptors (Lipinski definition) is 6. The Morgan fingerprint density at radius 1 is 0.970 bits per heavy atom. The van der Waals surface area contributed by atoms with Crippen LogP contribution in [0.3, 0.4) is 0 Å². The maximum atomic E-state index is 13.5. The molecule has 1 fully saturated rings. The highest BCUT2D eigenvalue weighted by molar-refractivity contribution is 7.94. The highest BCUT2D eigenvalue weighted by atomic mass is 35.5. The van der Waals surface area contributed by atoms with Crippen molar-refractivity contribution >= 4 is 59.7 Å². The van der Waals surface area contributed by atoms with Crippen LogP contribution in [-0.2, 0) is 20.0 Å². The SMILES string of the molecule is CS(=O)(=O)Nc1cc(N2CCCNCC2)ccc1N(Cl)S(=O)(=O)c1cccc2ccccc12. The lowest BCUT2D eigenvalue weighted by Crippen LogP contribution is -2.28. The Hall–Kier alpha value is -2.53. The second-order valence-corrected chi connectivity index (χ2v) is 11.9. The Morgan fingerprint density at radius 2 is 1.73 bits per heavy atom. The van der Waals surface area contributed by atoms with Gasteiger partial charge in [0.1, 0.15) is 0 Å². The van der Waals surface area contributed by atoms with Crippen LogP contribution in [0.25, 0.3) is 10.8 Å². The van der Waals surface area contributed by atoms with Gasteiger partial charge in [-0.3, -0.25) is 4.72 Å². The van der Waals surface area contributed by atoms with Crippen molar-refractivity contribution in [2.45, 2.75) is 11.3 Å². The number of rotatable bonds is 6. The summed E-state index contributed by atoms with van der Waals surface area (Å²) in [4.78, 5) is 2.15. The van der Waals surface area contributed by atoms with Gasteiger partial charge in [-0.1, -0.05) is 36.4 Å². The fourth-order valence-electron chi connectivity index (χ4n) is 3.90. The number of fused-ring (bicyclic) bond motifs is 1. The summed E-state index contributed by atoms with van der Waals surface area (Å²) in [6, 6.07) is 16.9. The van der Waals surface area contributed by atoms with Crippen LogP contribution in [0.1, 0.15) is 6.42 Å². The highest BCUT2D eigenvalue weighted by Crippen LogP contribution is 2.37. The van der Waals surface area contributed by atoms with Crippen molar-refractivity contribution in [2.24, 2.45) is 0 Å². The minimum absolute atomic E-state index is 0.0201. The summed E-state index contributed by atoms with van der Waals surface area (Å²) in [5.74, 6) is 0. The second kappa shape index (κ2) is 9.38. The van der Waals surface area contributed by atoms with E-state index in [2.05, 4.69) is 14.9 Å². The van der Waals surface area contributed by atoms with E-state index in [4.69, 9.17) is 11.8 Å². The van der Waals surface area contributed by atoms with Crippen molar-refractivity contribution < 1.29 is 16.8 Å². The van der Waals surface area contributed by atoms with Crippen molar-refractivity contribution in [3.8, 4) is 0 Å². The zero-order valence-electron chi connectivity index (χ0n) is 18.0. The lowest BCUT2D eigenvalue weighted by molar-refractivity contribution is 0.598. The predicted octanol–water partition coefficient (Wildman–Crippen LogP) is 3.36. The summed E-state index contributed by atoms with van der Waals surface area (Å²) >= 11 is 6.42. The van der Waals surface area contributed by atoms with E-state index in [9.17, 15) is 16.8 Å². The maximum Gasteiger partial charge on any atom is 0.278 e. The van der Waals surface area contributed by atoms with Crippen molar-refractivity contribution in [1.82, 2.24) is 5.32 Å². The molecule has 0 spiro atoms. The fourth-order valence-corrected chi connectivity index (χ4v) is 6.13. The fraction of sp³-hybridized carbons (Fsp3) is 0.273. The zero-order chi connectivity index (χ0) is 23.6. The van der Waals surface area contributed by atoms with Crippen LogP contribution in [0.15, 0.2) is 65.6 Å². The Kier molecular flexibility index (Phi) is 6.71. The van der Waals surface area contributed by atoms with Crippen molar-refractivity contribution in [3.63, 3.8) is 0 Å². The summed E-state index contributed by atoms with van der Waals surface area (Å²) in [5.41, 5.74) is 0.888. The summed E-state index contributed by atoms with van der Waals surface area (Å²) in [6.07, 6.45) is 1.95. The first-order valence-corrected chi connectivity index (χ1v) is 14.1. The molecule has 8 nitrogen and oxygen atoms in total. The van der Waals surface area contributed by atoms with Gasteiger partial charge < -0.3 is 10.2 Å². The number of benzene rings is 3. The van der Waals surface area contributed by atoms with Gasteiger partial charge in [-0.15, -0.1) is 0 Å². The monoisotopic (exact) mass is 508 g/mol. The summed E-state index contributed by atoms with van der Waals surface area (Å²) in [5, 5.41) is 4.60. The summed E-state index contributed by atoms with van der Waals surface area (Å²) in [7, 11) is -7.89. The minimum atomic E-state index is -4.20. The Morgan fingerprint density at radius 3 is 2.52 bits per heavy atom. The largest absolute Gasteiger partial charge is 0.370 e. The van der Waals surface area contributed by atoms with E-state index in [1.54, 1.807) is 30.3 Å². The van der Waals surface area contributed by atoms with Gasteiger partial charge in [0, 0.05) is 42.5 Å². The van der Waals surface area contributed by atoms with Crippen molar-refractivity contribution in [3.05, 3.63) is 60.7 Å². The topological polar surface area (TPSA) is 98.8 Å². The number of nitrogens with one attached hydrogen (secondary N) is 2. The molecule has 0 radical (unpaired) electrons. The molecule has 0 amide bonds. The van der Waals surface area contributed by atoms with Crippen LogP contribution in [0.4, 0.5) is 17.1 Å². The van der Waals surface area contributed by atoms with Crippen LogP contribution in [0, 0.1) is 0 Å². The average Bonchev–Trinajstić information content (AvgIpc) is 3.07. The average molecular weight is 509 g/mol. The molecule has 0 unspecified atom stereocenters. The highest BCUT2D eigenvalue weighted by Gasteiger charge is 2.28. The summed E-state index contributed by atoms with van der Waals surface area (Å²) < 4.78 is 54.2. The smallest absolute Gasteiger partial charge is 0.278 e. The van der Waals surface area contributed by atoms with Gasteiger partial charge >= 0.3 is 0 Å². The normalized spacial score (nSPS) is 15.3. The van der Waals surface area contributed by atoms with Gasteiger partial charge in [0.25, 0.3) is 10.0 Å². The standard InChI is InChI=1S/C22H25ClN4O4S2/c1-32(28,29)25-20-16-18(26-14-5-12-24-13-15-26)10-11-21(20)27(23)33(30,31)22-9-4-7-17-6-2-3-8-19(17)22/h2-4,6-11,16,24-25H,5,12-15H2,1H3. The lowest BCUT2D eigenvalue weighted by Gasteiger charge is -2.25. The molecule has 1 aliphatic rings. The van der Waals surface area contributed by atoms with Crippen LogP contribution in [0.5, 0.6) is 0 Å². The van der Waals surface area contributed by atoms with Gasteiger partial charge in [0.05, 0.1) is 22.5 Å². The summed E-state index contributed by atoms with van der Waals surface area (Å²) in [6.45, 7) is 3.25. The van der Waals surface area contributed by atoms with E-state index in [-0.39, 0.29) is 16.3 Å². The Bertz CT molecular complexity index is 1370. The molecule has 2 N–H and O–H groups in total. The molecule has 0 saturated carbocycles. The second-order valence-electron chi connectivity index (χ2n) is 7.86. The van der Waals surface area contributed by atoms with E-state index in [0.29, 0.717) is 9.21 Å². The molecular weight excluding hydrogens is 484 g/mol. The molecule has 0 bridgehead atoms. The third-order valence-corrected chi connectivity index (χ3v) is 8.26.